The number of ether oxygens (including phenoxy) is 2. The number of nitrogens with zero attached hydrogens (tertiary/aromatic N) is 1. The van der Waals surface area contributed by atoms with Gasteiger partial charge in [0.25, 0.3) is 0 Å². The highest BCUT2D eigenvalue weighted by Gasteiger charge is 2.24. The third-order valence-corrected chi connectivity index (χ3v) is 3.42. The van der Waals surface area contributed by atoms with E-state index < -0.39 is 11.7 Å². The van der Waals surface area contributed by atoms with E-state index in [1.165, 1.54) is 0 Å². The average Bonchev–Trinajstić information content (AvgIpc) is 2.44. The molecule has 0 spiro atoms. The predicted octanol–water partition coefficient (Wildman–Crippen LogP) is 2.84. The molecule has 24 heavy (non-hydrogen) atoms. The number of nitrogens with one attached hydrogen (secondary N) is 1. The third-order valence-electron chi connectivity index (χ3n) is 2.80. The number of halogens is 1. The second-order valence-electron chi connectivity index (χ2n) is 6.14. The maximum Gasteiger partial charge on any atom is 0.417 e. The Morgan fingerprint density at radius 1 is 1.42 bits per heavy atom. The van der Waals surface area contributed by atoms with Gasteiger partial charge >= 0.3 is 6.09 Å². The minimum Gasteiger partial charge on any atom is -0.492 e. The van der Waals surface area contributed by atoms with Gasteiger partial charge in [-0.05, 0) is 54.4 Å². The molecule has 0 heterocycles. The largest absolute Gasteiger partial charge is 0.492 e. The number of carbonyl (C=O) groups excluding carboxylic acids is 1. The van der Waals surface area contributed by atoms with Gasteiger partial charge in [0.2, 0.25) is 0 Å². The number of nitrogens with two attached hydrogens (primary N) is 1. The van der Waals surface area contributed by atoms with Crippen molar-refractivity contribution in [2.24, 2.45) is 5.73 Å². The molecule has 1 rings (SSSR count). The summed E-state index contributed by atoms with van der Waals surface area (Å²) in [5, 5.41) is 16.4. The van der Waals surface area contributed by atoms with Crippen LogP contribution in [0.3, 0.4) is 0 Å². The summed E-state index contributed by atoms with van der Waals surface area (Å²) >= 11 is 3.40. The Hall–Kier alpha value is -1.80. The van der Waals surface area contributed by atoms with E-state index in [-0.39, 0.29) is 19.1 Å². The Balaban J connectivity index is 2.82. The molecule has 8 heteroatoms. The minimum absolute atomic E-state index is 0.0686. The highest BCUT2D eigenvalue weighted by atomic mass is 79.9. The molecular weight excluding hydrogens is 378 g/mol. The van der Waals surface area contributed by atoms with Crippen LogP contribution < -0.4 is 10.5 Å². The van der Waals surface area contributed by atoms with Crippen molar-refractivity contribution in [3.63, 3.8) is 0 Å². The normalized spacial score (nSPS) is 11.0. The first-order chi connectivity index (χ1) is 11.1. The second kappa shape index (κ2) is 8.89. The van der Waals surface area contributed by atoms with E-state index in [0.29, 0.717) is 23.2 Å². The average molecular weight is 402 g/mol. The molecule has 4 N–H and O–H groups in total. The summed E-state index contributed by atoms with van der Waals surface area (Å²) in [7, 11) is 0. The van der Waals surface area contributed by atoms with Crippen LogP contribution in [0, 0.1) is 5.41 Å². The molecule has 1 aromatic carbocycles. The van der Waals surface area contributed by atoms with E-state index >= 15 is 0 Å². The van der Waals surface area contributed by atoms with Crippen molar-refractivity contribution in [1.29, 1.82) is 5.41 Å². The number of hydrogen-bond donors (Lipinski definition) is 3. The number of rotatable bonds is 6. The van der Waals surface area contributed by atoms with Gasteiger partial charge in [-0.3, -0.25) is 5.41 Å². The summed E-state index contributed by atoms with van der Waals surface area (Å²) in [6.07, 6.45) is -0.125. The Labute approximate surface area is 150 Å². The molecule has 0 atom stereocenters. The molecule has 0 saturated heterocycles. The molecule has 0 unspecified atom stereocenters. The predicted molar refractivity (Wildman–Crippen MR) is 95.0 cm³/mol. The fraction of sp³-hybridized carbons (Fsp3) is 0.500. The maximum absolute atomic E-state index is 12.2. The standard InChI is InChI=1S/C16H24BrN3O4/c1-16(2,3)24-15(22)20(14(18)19)10-11-5-6-13(12(17)9-11)23-8-4-7-21/h5-6,9,21H,4,7-8,10H2,1-3H3,(H3,18,19). The number of carbonyl (C=O) groups is 1. The number of hydrogen-bond acceptors (Lipinski definition) is 5. The lowest BCUT2D eigenvalue weighted by atomic mass is 10.2. The van der Waals surface area contributed by atoms with Crippen LogP contribution in [-0.4, -0.2) is 40.9 Å². The summed E-state index contributed by atoms with van der Waals surface area (Å²) in [5.74, 6) is 0.252. The lowest BCUT2D eigenvalue weighted by Gasteiger charge is -2.26. The van der Waals surface area contributed by atoms with E-state index in [9.17, 15) is 4.79 Å². The van der Waals surface area contributed by atoms with Crippen molar-refractivity contribution < 1.29 is 19.4 Å². The maximum atomic E-state index is 12.2. The first-order valence-corrected chi connectivity index (χ1v) is 8.30. The summed E-state index contributed by atoms with van der Waals surface area (Å²) in [6.45, 7) is 5.83. The molecule has 0 aromatic heterocycles. The third kappa shape index (κ3) is 6.76. The number of benzene rings is 1. The van der Waals surface area contributed by atoms with Crippen molar-refractivity contribution in [2.75, 3.05) is 13.2 Å². The summed E-state index contributed by atoms with van der Waals surface area (Å²) in [6, 6.07) is 5.32. The van der Waals surface area contributed by atoms with Crippen LogP contribution in [0.2, 0.25) is 0 Å². The monoisotopic (exact) mass is 401 g/mol. The molecule has 0 aliphatic heterocycles. The summed E-state index contributed by atoms with van der Waals surface area (Å²) in [5.41, 5.74) is 5.59. The van der Waals surface area contributed by atoms with Crippen molar-refractivity contribution in [3.8, 4) is 5.75 Å². The highest BCUT2D eigenvalue weighted by Crippen LogP contribution is 2.27. The van der Waals surface area contributed by atoms with Crippen molar-refractivity contribution in [2.45, 2.75) is 39.3 Å². The van der Waals surface area contributed by atoms with Gasteiger partial charge in [-0.25, -0.2) is 9.69 Å². The summed E-state index contributed by atoms with van der Waals surface area (Å²) < 4.78 is 11.5. The molecule has 134 valence electrons. The van der Waals surface area contributed by atoms with E-state index in [1.54, 1.807) is 39.0 Å². The van der Waals surface area contributed by atoms with Gasteiger partial charge in [0.05, 0.1) is 17.6 Å². The van der Waals surface area contributed by atoms with Crippen LogP contribution in [0.15, 0.2) is 22.7 Å². The van der Waals surface area contributed by atoms with E-state index in [4.69, 9.17) is 25.7 Å². The molecule has 0 radical (unpaired) electrons. The Morgan fingerprint density at radius 3 is 2.58 bits per heavy atom. The van der Waals surface area contributed by atoms with Gasteiger partial charge in [0.15, 0.2) is 5.96 Å². The number of guanidine groups is 1. The molecule has 0 saturated carbocycles. The smallest absolute Gasteiger partial charge is 0.417 e. The summed E-state index contributed by atoms with van der Waals surface area (Å²) in [4.78, 5) is 13.2. The van der Waals surface area contributed by atoms with Gasteiger partial charge in [0, 0.05) is 13.0 Å². The fourth-order valence-electron chi connectivity index (χ4n) is 1.75. The molecule has 0 aliphatic carbocycles. The van der Waals surface area contributed by atoms with Crippen molar-refractivity contribution in [3.05, 3.63) is 28.2 Å². The van der Waals surface area contributed by atoms with Gasteiger partial charge in [-0.15, -0.1) is 0 Å². The number of aliphatic hydroxyl groups is 1. The van der Waals surface area contributed by atoms with E-state index in [2.05, 4.69) is 15.9 Å². The molecule has 1 aromatic rings. The zero-order valence-corrected chi connectivity index (χ0v) is 15.7. The lowest BCUT2D eigenvalue weighted by molar-refractivity contribution is 0.0356. The molecule has 1 amide bonds. The van der Waals surface area contributed by atoms with Gasteiger partial charge in [-0.2, -0.15) is 0 Å². The van der Waals surface area contributed by atoms with Crippen LogP contribution in [-0.2, 0) is 11.3 Å². The SMILES string of the molecule is CC(C)(C)OC(=O)N(Cc1ccc(OCCCO)c(Br)c1)C(=N)N. The Bertz CT molecular complexity index is 587. The van der Waals surface area contributed by atoms with Crippen molar-refractivity contribution in [1.82, 2.24) is 4.90 Å². The van der Waals surface area contributed by atoms with E-state index in [1.807, 2.05) is 0 Å². The minimum atomic E-state index is -0.672. The first kappa shape index (κ1) is 20.2. The molecule has 0 aliphatic rings. The van der Waals surface area contributed by atoms with E-state index in [0.717, 1.165) is 10.5 Å². The number of amides is 1. The zero-order valence-electron chi connectivity index (χ0n) is 14.1. The van der Waals surface area contributed by atoms with Gasteiger partial charge < -0.3 is 20.3 Å². The Kier molecular flexibility index (Phi) is 7.50. The second-order valence-corrected chi connectivity index (χ2v) is 7.00. The Morgan fingerprint density at radius 2 is 2.08 bits per heavy atom. The van der Waals surface area contributed by atoms with Crippen molar-refractivity contribution >= 4 is 28.0 Å². The molecule has 0 bridgehead atoms. The van der Waals surface area contributed by atoms with Crippen LogP contribution in [0.4, 0.5) is 4.79 Å². The molecule has 7 nitrogen and oxygen atoms in total. The quantitative estimate of drug-likeness (QED) is 0.385. The molecule has 0 fully saturated rings. The van der Waals surface area contributed by atoms with Gasteiger partial charge in [-0.1, -0.05) is 6.07 Å². The topological polar surface area (TPSA) is 109 Å². The van der Waals surface area contributed by atoms with Gasteiger partial charge in [0.1, 0.15) is 11.4 Å². The number of aliphatic hydroxyl groups excluding tert-OH is 1. The van der Waals surface area contributed by atoms with Crippen LogP contribution in [0.5, 0.6) is 5.75 Å². The van der Waals surface area contributed by atoms with Crippen LogP contribution >= 0.6 is 15.9 Å². The lowest BCUT2D eigenvalue weighted by Crippen LogP contribution is -2.43. The zero-order chi connectivity index (χ0) is 18.3. The fourth-order valence-corrected chi connectivity index (χ4v) is 2.29. The molecular formula is C16H24BrN3O4. The van der Waals surface area contributed by atoms with Crippen LogP contribution in [0.1, 0.15) is 32.8 Å². The highest BCUT2D eigenvalue weighted by molar-refractivity contribution is 9.10. The van der Waals surface area contributed by atoms with Crippen LogP contribution in [0.25, 0.3) is 0 Å². The first-order valence-electron chi connectivity index (χ1n) is 7.50.